The highest BCUT2D eigenvalue weighted by Crippen LogP contribution is 2.29. The average Bonchev–Trinajstić information content (AvgIpc) is 2.39. The Balaban J connectivity index is 2.92. The van der Waals surface area contributed by atoms with Gasteiger partial charge < -0.3 is 14.9 Å². The maximum atomic E-state index is 11.3. The molecule has 0 aromatic heterocycles. The summed E-state index contributed by atoms with van der Waals surface area (Å²) in [4.78, 5) is 11.3. The molecular weight excluding hydrogens is 244 g/mol. The fraction of sp³-hybridized carbons (Fsp3) is 0.533. The van der Waals surface area contributed by atoms with E-state index in [1.165, 1.54) is 0 Å². The van der Waals surface area contributed by atoms with Gasteiger partial charge in [0.15, 0.2) is 5.60 Å². The first-order valence-electron chi connectivity index (χ1n) is 6.73. The molecule has 0 aliphatic heterocycles. The van der Waals surface area contributed by atoms with Gasteiger partial charge in [0.2, 0.25) is 0 Å². The summed E-state index contributed by atoms with van der Waals surface area (Å²) < 4.78 is 5.54. The van der Waals surface area contributed by atoms with Crippen LogP contribution in [0.1, 0.15) is 45.1 Å². The monoisotopic (exact) mass is 266 g/mol. The number of hydrogen-bond donors (Lipinski definition) is 2. The van der Waals surface area contributed by atoms with E-state index in [1.807, 2.05) is 6.92 Å². The standard InChI is InChI=1S/C15H22O4/c1-3-5-10-19-13-8-6-7-12(11-13)15(18,9-4-2)14(16)17/h6-8,11,18H,3-5,9-10H2,1-2H3,(H,16,17). The number of hydrogen-bond acceptors (Lipinski definition) is 3. The minimum Gasteiger partial charge on any atom is -0.494 e. The van der Waals surface area contributed by atoms with Crippen molar-refractivity contribution in [1.82, 2.24) is 0 Å². The van der Waals surface area contributed by atoms with Crippen molar-refractivity contribution >= 4 is 5.97 Å². The Bertz CT molecular complexity index is 416. The third-order valence-corrected chi connectivity index (χ3v) is 3.04. The zero-order valence-electron chi connectivity index (χ0n) is 11.6. The van der Waals surface area contributed by atoms with Crippen molar-refractivity contribution in [2.24, 2.45) is 0 Å². The SMILES string of the molecule is CCCCOc1cccc(C(O)(CCC)C(=O)O)c1. The van der Waals surface area contributed by atoms with Crippen LogP contribution in [0.2, 0.25) is 0 Å². The van der Waals surface area contributed by atoms with Gasteiger partial charge in [-0.15, -0.1) is 0 Å². The summed E-state index contributed by atoms with van der Waals surface area (Å²) in [5.74, 6) is -0.623. The van der Waals surface area contributed by atoms with Crippen LogP contribution in [0.25, 0.3) is 0 Å². The second-order valence-electron chi connectivity index (χ2n) is 4.65. The van der Waals surface area contributed by atoms with Crippen LogP contribution in [0, 0.1) is 0 Å². The number of aliphatic carboxylic acids is 1. The van der Waals surface area contributed by atoms with E-state index < -0.39 is 11.6 Å². The molecule has 0 aliphatic rings. The fourth-order valence-electron chi connectivity index (χ4n) is 1.91. The number of unbranched alkanes of at least 4 members (excludes halogenated alkanes) is 1. The van der Waals surface area contributed by atoms with Crippen LogP contribution < -0.4 is 4.74 Å². The second-order valence-corrected chi connectivity index (χ2v) is 4.65. The molecule has 0 amide bonds. The van der Waals surface area contributed by atoms with Crippen molar-refractivity contribution in [2.45, 2.75) is 45.1 Å². The van der Waals surface area contributed by atoms with Crippen molar-refractivity contribution in [2.75, 3.05) is 6.61 Å². The van der Waals surface area contributed by atoms with Gasteiger partial charge >= 0.3 is 5.97 Å². The first kappa shape index (κ1) is 15.5. The molecule has 106 valence electrons. The fourth-order valence-corrected chi connectivity index (χ4v) is 1.91. The Labute approximate surface area is 114 Å². The molecule has 0 bridgehead atoms. The van der Waals surface area contributed by atoms with Crippen molar-refractivity contribution in [1.29, 1.82) is 0 Å². The summed E-state index contributed by atoms with van der Waals surface area (Å²) in [6, 6.07) is 6.71. The highest BCUT2D eigenvalue weighted by Gasteiger charge is 2.37. The van der Waals surface area contributed by atoms with E-state index in [4.69, 9.17) is 4.74 Å². The largest absolute Gasteiger partial charge is 0.494 e. The number of carboxylic acids is 1. The van der Waals surface area contributed by atoms with Crippen LogP contribution in [-0.2, 0) is 10.4 Å². The number of ether oxygens (including phenoxy) is 1. The zero-order chi connectivity index (χ0) is 14.3. The third kappa shape index (κ3) is 3.96. The highest BCUT2D eigenvalue weighted by atomic mass is 16.5. The number of aliphatic hydroxyl groups is 1. The lowest BCUT2D eigenvalue weighted by Gasteiger charge is -2.23. The lowest BCUT2D eigenvalue weighted by atomic mass is 9.89. The maximum Gasteiger partial charge on any atom is 0.340 e. The van der Waals surface area contributed by atoms with Gasteiger partial charge in [0.25, 0.3) is 0 Å². The quantitative estimate of drug-likeness (QED) is 0.710. The molecule has 4 nitrogen and oxygen atoms in total. The summed E-state index contributed by atoms with van der Waals surface area (Å²) in [7, 11) is 0. The van der Waals surface area contributed by atoms with E-state index in [0.29, 0.717) is 24.3 Å². The molecule has 19 heavy (non-hydrogen) atoms. The highest BCUT2D eigenvalue weighted by molar-refractivity contribution is 5.79. The second kappa shape index (κ2) is 7.14. The Kier molecular flexibility index (Phi) is 5.83. The number of carbonyl (C=O) groups is 1. The molecule has 2 N–H and O–H groups in total. The van der Waals surface area contributed by atoms with E-state index in [2.05, 4.69) is 6.92 Å². The van der Waals surface area contributed by atoms with E-state index in [0.717, 1.165) is 12.8 Å². The summed E-state index contributed by atoms with van der Waals surface area (Å²) in [6.07, 6.45) is 2.75. The van der Waals surface area contributed by atoms with Crippen molar-refractivity contribution < 1.29 is 19.7 Å². The van der Waals surface area contributed by atoms with Gasteiger partial charge in [0, 0.05) is 0 Å². The molecule has 0 heterocycles. The zero-order valence-corrected chi connectivity index (χ0v) is 11.6. The van der Waals surface area contributed by atoms with Gasteiger partial charge in [0.1, 0.15) is 5.75 Å². The number of carboxylic acid groups (broad SMARTS) is 1. The van der Waals surface area contributed by atoms with Crippen molar-refractivity contribution in [3.63, 3.8) is 0 Å². The Hall–Kier alpha value is -1.55. The smallest absolute Gasteiger partial charge is 0.340 e. The average molecular weight is 266 g/mol. The van der Waals surface area contributed by atoms with Crippen LogP contribution in [0.5, 0.6) is 5.75 Å². The molecule has 1 aromatic carbocycles. The topological polar surface area (TPSA) is 66.8 Å². The first-order chi connectivity index (χ1) is 9.04. The Morgan fingerprint density at radius 2 is 2.05 bits per heavy atom. The molecule has 0 radical (unpaired) electrons. The maximum absolute atomic E-state index is 11.3. The minimum atomic E-state index is -1.83. The predicted octanol–water partition coefficient (Wildman–Crippen LogP) is 2.94. The first-order valence-corrected chi connectivity index (χ1v) is 6.73. The number of benzene rings is 1. The van der Waals surface area contributed by atoms with E-state index >= 15 is 0 Å². The van der Waals surface area contributed by atoms with E-state index in [1.54, 1.807) is 24.3 Å². The number of rotatable bonds is 8. The summed E-state index contributed by atoms with van der Waals surface area (Å²) >= 11 is 0. The Morgan fingerprint density at radius 1 is 1.32 bits per heavy atom. The van der Waals surface area contributed by atoms with Crippen LogP contribution in [0.15, 0.2) is 24.3 Å². The van der Waals surface area contributed by atoms with Crippen LogP contribution in [-0.4, -0.2) is 22.8 Å². The van der Waals surface area contributed by atoms with Crippen molar-refractivity contribution in [3.8, 4) is 5.75 Å². The molecule has 0 saturated carbocycles. The van der Waals surface area contributed by atoms with Crippen molar-refractivity contribution in [3.05, 3.63) is 29.8 Å². The molecule has 4 heteroatoms. The lowest BCUT2D eigenvalue weighted by molar-refractivity contribution is -0.160. The van der Waals surface area contributed by atoms with E-state index in [9.17, 15) is 15.0 Å². The van der Waals surface area contributed by atoms with Gasteiger partial charge in [-0.05, 0) is 30.5 Å². The molecule has 1 atom stereocenters. The van der Waals surface area contributed by atoms with Gasteiger partial charge in [-0.3, -0.25) is 0 Å². The van der Waals surface area contributed by atoms with E-state index in [-0.39, 0.29) is 6.42 Å². The summed E-state index contributed by atoms with van der Waals surface area (Å²) in [6.45, 7) is 4.51. The van der Waals surface area contributed by atoms with Crippen LogP contribution in [0.3, 0.4) is 0 Å². The van der Waals surface area contributed by atoms with Crippen LogP contribution >= 0.6 is 0 Å². The molecule has 0 spiro atoms. The van der Waals surface area contributed by atoms with Gasteiger partial charge in [-0.25, -0.2) is 4.79 Å². The molecule has 0 saturated heterocycles. The predicted molar refractivity (Wildman–Crippen MR) is 73.3 cm³/mol. The molecule has 1 rings (SSSR count). The van der Waals surface area contributed by atoms with Gasteiger partial charge in [-0.2, -0.15) is 0 Å². The molecule has 0 fully saturated rings. The van der Waals surface area contributed by atoms with Crippen LogP contribution in [0.4, 0.5) is 0 Å². The molecule has 1 aromatic rings. The summed E-state index contributed by atoms with van der Waals surface area (Å²) in [5, 5.41) is 19.5. The molecule has 1 unspecified atom stereocenters. The lowest BCUT2D eigenvalue weighted by Crippen LogP contribution is -2.35. The Morgan fingerprint density at radius 3 is 2.63 bits per heavy atom. The van der Waals surface area contributed by atoms with Gasteiger partial charge in [-0.1, -0.05) is 38.8 Å². The molecule has 0 aliphatic carbocycles. The molecular formula is C15H22O4. The third-order valence-electron chi connectivity index (χ3n) is 3.04. The minimum absolute atomic E-state index is 0.181. The normalized spacial score (nSPS) is 13.8. The summed E-state index contributed by atoms with van der Waals surface area (Å²) in [5.41, 5.74) is -1.46. The van der Waals surface area contributed by atoms with Gasteiger partial charge in [0.05, 0.1) is 6.61 Å².